The minimum absolute atomic E-state index is 0.0968. The number of fused-ring (bicyclic) bond motifs is 2. The first-order valence-corrected chi connectivity index (χ1v) is 18.2. The van der Waals surface area contributed by atoms with Crippen molar-refractivity contribution in [2.45, 2.75) is 134 Å². The lowest BCUT2D eigenvalue weighted by Gasteiger charge is -2.58. The second-order valence-electron chi connectivity index (χ2n) is 16.7. The summed E-state index contributed by atoms with van der Waals surface area (Å²) in [6, 6.07) is 2.99. The molecule has 12 heteroatoms. The number of aliphatic hydroxyl groups is 8. The smallest absolute Gasteiger partial charge is 0.160 e. The summed E-state index contributed by atoms with van der Waals surface area (Å²) in [5.41, 5.74) is 0.891. The van der Waals surface area contributed by atoms with Crippen LogP contribution in [0.1, 0.15) is 71.1 Å². The molecule has 5 aliphatic rings. The Kier molecular flexibility index (Phi) is 10.4. The van der Waals surface area contributed by atoms with Crippen molar-refractivity contribution in [2.24, 2.45) is 59.2 Å². The number of aryl methyl sites for hydroxylation is 1. The first-order chi connectivity index (χ1) is 23.0. The maximum Gasteiger partial charge on any atom is 0.160 e. The van der Waals surface area contributed by atoms with Gasteiger partial charge in [-0.1, -0.05) is 34.6 Å². The standard InChI is InChI=1S/C37H58O12/c1-12-7-18(9-22(38)26(12)40)36-30(44)14(3)24-32(46)20(28(42)16(5)34(24)48-36)11-21-29(43)17(6)35-25(33(21)47)15(4)31(45)37(49-35)19-8-13(2)27(41)23(39)10-19/h7,9,13-17,19-21,23-25,27-47H,8,10-11H2,1-6H3. The van der Waals surface area contributed by atoms with Crippen LogP contribution in [-0.4, -0.2) is 118 Å². The third-order valence-electron chi connectivity index (χ3n) is 13.8. The number of benzene rings is 1. The normalized spacial score (nSPS) is 53.4. The Morgan fingerprint density at radius 2 is 1.12 bits per heavy atom. The van der Waals surface area contributed by atoms with E-state index in [4.69, 9.17) is 9.47 Å². The molecule has 49 heavy (non-hydrogen) atoms. The number of rotatable bonds is 4. The monoisotopic (exact) mass is 694 g/mol. The van der Waals surface area contributed by atoms with Crippen molar-refractivity contribution in [3.05, 3.63) is 23.3 Å². The summed E-state index contributed by atoms with van der Waals surface area (Å²) in [5, 5.41) is 111. The summed E-state index contributed by atoms with van der Waals surface area (Å²) in [4.78, 5) is 0. The van der Waals surface area contributed by atoms with Crippen molar-refractivity contribution in [2.75, 3.05) is 0 Å². The van der Waals surface area contributed by atoms with Crippen LogP contribution in [0.3, 0.4) is 0 Å². The predicted octanol–water partition coefficient (Wildman–Crippen LogP) is 0.973. The van der Waals surface area contributed by atoms with Gasteiger partial charge in [-0.15, -0.1) is 0 Å². The van der Waals surface area contributed by atoms with Crippen molar-refractivity contribution in [1.82, 2.24) is 0 Å². The van der Waals surface area contributed by atoms with Crippen LogP contribution in [0.5, 0.6) is 11.5 Å². The second-order valence-corrected chi connectivity index (χ2v) is 16.7. The summed E-state index contributed by atoms with van der Waals surface area (Å²) in [7, 11) is 0. The number of aliphatic hydroxyl groups excluding tert-OH is 8. The van der Waals surface area contributed by atoms with E-state index in [1.165, 1.54) is 6.07 Å². The zero-order valence-corrected chi connectivity index (χ0v) is 29.3. The summed E-state index contributed by atoms with van der Waals surface area (Å²) in [6.45, 7) is 10.9. The lowest BCUT2D eigenvalue weighted by atomic mass is 9.57. The molecule has 3 aliphatic carbocycles. The number of phenols is 2. The van der Waals surface area contributed by atoms with Gasteiger partial charge >= 0.3 is 0 Å². The van der Waals surface area contributed by atoms with Crippen LogP contribution < -0.4 is 0 Å². The molecule has 5 fully saturated rings. The van der Waals surface area contributed by atoms with Crippen molar-refractivity contribution in [3.8, 4) is 11.5 Å². The van der Waals surface area contributed by atoms with Gasteiger partial charge in [0.05, 0.1) is 67.1 Å². The van der Waals surface area contributed by atoms with E-state index in [1.54, 1.807) is 13.0 Å². The molecule has 12 nitrogen and oxygen atoms in total. The Bertz CT molecular complexity index is 1290. The van der Waals surface area contributed by atoms with Gasteiger partial charge in [0, 0.05) is 35.5 Å². The van der Waals surface area contributed by atoms with Crippen LogP contribution in [-0.2, 0) is 9.47 Å². The first-order valence-electron chi connectivity index (χ1n) is 18.2. The minimum Gasteiger partial charge on any atom is -0.504 e. The number of hydrogen-bond donors (Lipinski definition) is 10. The van der Waals surface area contributed by atoms with Gasteiger partial charge < -0.3 is 60.5 Å². The maximum atomic E-state index is 11.9. The summed E-state index contributed by atoms with van der Waals surface area (Å²) in [6.07, 6.45) is -9.88. The molecule has 2 aliphatic heterocycles. The molecule has 0 amide bonds. The molecule has 3 saturated carbocycles. The summed E-state index contributed by atoms with van der Waals surface area (Å²) in [5.74, 6) is -5.39. The quantitative estimate of drug-likeness (QED) is 0.199. The lowest BCUT2D eigenvalue weighted by molar-refractivity contribution is -0.276. The zero-order valence-electron chi connectivity index (χ0n) is 29.3. The SMILES string of the molecule is Cc1cc(C2OC3C(C)C(O)C(CC4C(O)C(C)C5OC(C6CC(C)C(O)C(O)C6)C(O)C(C)C5C4O)C(O)C3C(C)C2O)cc(O)c1O. The van der Waals surface area contributed by atoms with Crippen LogP contribution >= 0.6 is 0 Å². The highest BCUT2D eigenvalue weighted by Gasteiger charge is 2.60. The zero-order chi connectivity index (χ0) is 36.0. The Labute approximate surface area is 288 Å². The van der Waals surface area contributed by atoms with Crippen molar-refractivity contribution in [1.29, 1.82) is 0 Å². The maximum absolute atomic E-state index is 11.9. The van der Waals surface area contributed by atoms with Gasteiger partial charge in [-0.2, -0.15) is 0 Å². The largest absolute Gasteiger partial charge is 0.504 e. The topological polar surface area (TPSA) is 221 Å². The number of phenolic OH excluding ortho intramolecular Hbond substituents is 2. The van der Waals surface area contributed by atoms with E-state index in [0.717, 1.165) is 0 Å². The molecule has 22 atom stereocenters. The van der Waals surface area contributed by atoms with Gasteiger partial charge in [-0.3, -0.25) is 0 Å². The summed E-state index contributed by atoms with van der Waals surface area (Å²) >= 11 is 0. The van der Waals surface area contributed by atoms with Gasteiger partial charge in [0.2, 0.25) is 0 Å². The highest BCUT2D eigenvalue weighted by atomic mass is 16.5. The molecule has 278 valence electrons. The Hall–Kier alpha value is -1.58. The van der Waals surface area contributed by atoms with Gasteiger partial charge in [-0.05, 0) is 73.1 Å². The average Bonchev–Trinajstić information content (AvgIpc) is 3.05. The van der Waals surface area contributed by atoms with E-state index in [1.807, 2.05) is 34.6 Å². The van der Waals surface area contributed by atoms with Gasteiger partial charge in [0.1, 0.15) is 6.10 Å². The predicted molar refractivity (Wildman–Crippen MR) is 176 cm³/mol. The first kappa shape index (κ1) is 37.2. The summed E-state index contributed by atoms with van der Waals surface area (Å²) < 4.78 is 12.9. The molecule has 6 rings (SSSR count). The average molecular weight is 695 g/mol. The minimum atomic E-state index is -1.13. The Morgan fingerprint density at radius 1 is 0.592 bits per heavy atom. The molecular weight excluding hydrogens is 636 g/mol. The number of hydrogen-bond acceptors (Lipinski definition) is 12. The van der Waals surface area contributed by atoms with Gasteiger partial charge in [-0.25, -0.2) is 0 Å². The van der Waals surface area contributed by atoms with Crippen molar-refractivity contribution < 1.29 is 60.5 Å². The number of aromatic hydroxyl groups is 2. The van der Waals surface area contributed by atoms with E-state index >= 15 is 0 Å². The van der Waals surface area contributed by atoms with Crippen LogP contribution in [0.2, 0.25) is 0 Å². The second kappa shape index (κ2) is 13.8. The molecule has 2 heterocycles. The third-order valence-corrected chi connectivity index (χ3v) is 13.8. The highest BCUT2D eigenvalue weighted by molar-refractivity contribution is 5.47. The molecule has 0 radical (unpaired) electrons. The molecule has 0 spiro atoms. The number of ether oxygens (including phenoxy) is 2. The molecule has 10 N–H and O–H groups in total. The van der Waals surface area contributed by atoms with Crippen LogP contribution in [0.15, 0.2) is 12.1 Å². The van der Waals surface area contributed by atoms with E-state index in [0.29, 0.717) is 17.5 Å². The molecule has 22 unspecified atom stereocenters. The fraction of sp³-hybridized carbons (Fsp3) is 0.838. The highest BCUT2D eigenvalue weighted by Crippen LogP contribution is 2.53. The lowest BCUT2D eigenvalue weighted by Crippen LogP contribution is -2.66. The fourth-order valence-corrected chi connectivity index (χ4v) is 10.7. The van der Waals surface area contributed by atoms with E-state index in [2.05, 4.69) is 0 Å². The van der Waals surface area contributed by atoms with Gasteiger partial charge in [0.25, 0.3) is 0 Å². The van der Waals surface area contributed by atoms with E-state index in [-0.39, 0.29) is 36.2 Å². The van der Waals surface area contributed by atoms with Gasteiger partial charge in [0.15, 0.2) is 11.5 Å². The third kappa shape index (κ3) is 6.11. The fourth-order valence-electron chi connectivity index (χ4n) is 10.7. The Balaban J connectivity index is 1.20. The van der Waals surface area contributed by atoms with Crippen LogP contribution in [0.25, 0.3) is 0 Å². The van der Waals surface area contributed by atoms with Crippen molar-refractivity contribution in [3.63, 3.8) is 0 Å². The van der Waals surface area contributed by atoms with Crippen LogP contribution in [0.4, 0.5) is 0 Å². The molecule has 1 aromatic carbocycles. The molecule has 0 bridgehead atoms. The molecular formula is C37H58O12. The van der Waals surface area contributed by atoms with E-state index in [9.17, 15) is 51.1 Å². The van der Waals surface area contributed by atoms with Crippen LogP contribution in [0, 0.1) is 66.1 Å². The molecule has 2 saturated heterocycles. The van der Waals surface area contributed by atoms with E-state index < -0.39 is 121 Å². The molecule has 0 aromatic heterocycles. The Morgan fingerprint density at radius 3 is 1.65 bits per heavy atom. The molecule has 1 aromatic rings. The van der Waals surface area contributed by atoms with Crippen molar-refractivity contribution >= 4 is 0 Å².